The van der Waals surface area contributed by atoms with E-state index in [1.807, 2.05) is 12.4 Å². The molecule has 1 aliphatic rings. The van der Waals surface area contributed by atoms with Gasteiger partial charge in [0.2, 0.25) is 0 Å². The number of likely N-dealkylation sites (N-methyl/N-ethyl adjacent to an activating group) is 1. The Labute approximate surface area is 96.8 Å². The molecule has 0 amide bonds. The van der Waals surface area contributed by atoms with Crippen molar-refractivity contribution in [2.75, 3.05) is 46.4 Å². The smallest absolute Gasteiger partial charge is 0.134 e. The van der Waals surface area contributed by atoms with Gasteiger partial charge in [-0.2, -0.15) is 0 Å². The highest BCUT2D eigenvalue weighted by Gasteiger charge is 2.13. The van der Waals surface area contributed by atoms with Crippen LogP contribution in [0.25, 0.3) is 0 Å². The Morgan fingerprint density at radius 1 is 1.31 bits per heavy atom. The molecule has 1 saturated heterocycles. The van der Waals surface area contributed by atoms with Crippen LogP contribution in [0.1, 0.15) is 0 Å². The second-order valence-corrected chi connectivity index (χ2v) is 4.22. The third-order valence-electron chi connectivity index (χ3n) is 3.08. The summed E-state index contributed by atoms with van der Waals surface area (Å²) in [6.45, 7) is 6.18. The molecule has 0 saturated carbocycles. The summed E-state index contributed by atoms with van der Waals surface area (Å²) in [5, 5.41) is 0. The summed E-state index contributed by atoms with van der Waals surface area (Å²) in [5.74, 6) is 0. The fraction of sp³-hybridized carbons (Fsp3) is 0.583. The lowest BCUT2D eigenvalue weighted by Gasteiger charge is -2.27. The van der Waals surface area contributed by atoms with Crippen molar-refractivity contribution in [3.63, 3.8) is 0 Å². The Morgan fingerprint density at radius 2 is 2.00 bits per heavy atom. The number of rotatable bonds is 4. The van der Waals surface area contributed by atoms with Gasteiger partial charge in [-0.1, -0.05) is 0 Å². The Morgan fingerprint density at radius 3 is 2.69 bits per heavy atom. The maximum atomic E-state index is 5.33. The van der Waals surface area contributed by atoms with Crippen LogP contribution in [0.15, 0.2) is 24.5 Å². The van der Waals surface area contributed by atoms with Crippen molar-refractivity contribution in [2.45, 2.75) is 0 Å². The van der Waals surface area contributed by atoms with Crippen molar-refractivity contribution in [3.05, 3.63) is 24.5 Å². The van der Waals surface area contributed by atoms with Crippen molar-refractivity contribution in [3.8, 4) is 0 Å². The average Bonchev–Trinajstić information content (AvgIpc) is 2.38. The van der Waals surface area contributed by atoms with Gasteiger partial charge in [0.1, 0.15) is 5.69 Å². The number of nitrogens with zero attached hydrogens (tertiary/aromatic N) is 2. The van der Waals surface area contributed by atoms with E-state index in [-0.39, 0.29) is 0 Å². The highest BCUT2D eigenvalue weighted by molar-refractivity contribution is 5.24. The van der Waals surface area contributed by atoms with Gasteiger partial charge >= 0.3 is 0 Å². The van der Waals surface area contributed by atoms with E-state index in [4.69, 9.17) is 4.74 Å². The zero-order valence-electron chi connectivity index (χ0n) is 9.85. The minimum atomic E-state index is 0.883. The van der Waals surface area contributed by atoms with Crippen LogP contribution in [0.4, 0.5) is 5.69 Å². The molecule has 16 heavy (non-hydrogen) atoms. The largest absolute Gasteiger partial charge is 0.379 e. The van der Waals surface area contributed by atoms with Gasteiger partial charge in [-0.3, -0.25) is 9.88 Å². The molecule has 88 valence electrons. The van der Waals surface area contributed by atoms with E-state index >= 15 is 0 Å². The lowest BCUT2D eigenvalue weighted by molar-refractivity contribution is -0.809. The topological polar surface area (TPSA) is 29.8 Å². The molecule has 1 unspecified atom stereocenters. The molecule has 1 aliphatic heterocycles. The highest BCUT2D eigenvalue weighted by Crippen LogP contribution is 1.97. The average molecular weight is 222 g/mol. The summed E-state index contributed by atoms with van der Waals surface area (Å²) in [5.41, 5.74) is 1.31. The first kappa shape index (κ1) is 11.5. The van der Waals surface area contributed by atoms with Gasteiger partial charge in [0.25, 0.3) is 0 Å². The van der Waals surface area contributed by atoms with Gasteiger partial charge in [-0.05, 0) is 0 Å². The van der Waals surface area contributed by atoms with Crippen LogP contribution < -0.4 is 4.90 Å². The normalized spacial score (nSPS) is 19.6. The predicted molar refractivity (Wildman–Crippen MR) is 62.9 cm³/mol. The standard InChI is InChI=1S/C12H19N3O/c1-14(12-2-4-13-5-3-12)6-7-15-8-10-16-11-9-15/h2-5H,6-11H2,1H3/p+1. The van der Waals surface area contributed by atoms with E-state index in [0.29, 0.717) is 0 Å². The fourth-order valence-corrected chi connectivity index (χ4v) is 1.93. The predicted octanol–water partition coefficient (Wildman–Crippen LogP) is -0.440. The quantitative estimate of drug-likeness (QED) is 0.749. The van der Waals surface area contributed by atoms with E-state index in [0.717, 1.165) is 39.4 Å². The van der Waals surface area contributed by atoms with Gasteiger partial charge in [-0.25, -0.2) is 0 Å². The second-order valence-electron chi connectivity index (χ2n) is 4.22. The van der Waals surface area contributed by atoms with E-state index in [9.17, 15) is 0 Å². The second kappa shape index (κ2) is 5.94. The van der Waals surface area contributed by atoms with E-state index in [1.54, 1.807) is 0 Å². The molecule has 1 N–H and O–H groups in total. The Balaban J connectivity index is 1.77. The minimum Gasteiger partial charge on any atom is -0.379 e. The zero-order chi connectivity index (χ0) is 11.2. The number of morpholine rings is 1. The first-order chi connectivity index (χ1) is 7.86. The third kappa shape index (κ3) is 3.27. The Kier molecular flexibility index (Phi) is 4.27. The van der Waals surface area contributed by atoms with Crippen LogP contribution in [-0.2, 0) is 4.74 Å². The molecule has 0 aromatic carbocycles. The van der Waals surface area contributed by atoms with Gasteiger partial charge < -0.3 is 9.64 Å². The van der Waals surface area contributed by atoms with Gasteiger partial charge in [0, 0.05) is 44.2 Å². The first-order valence-electron chi connectivity index (χ1n) is 5.89. The molecule has 4 nitrogen and oxygen atoms in total. The Hall–Kier alpha value is -0.970. The fourth-order valence-electron chi connectivity index (χ4n) is 1.93. The molecule has 1 aromatic heterocycles. The summed E-state index contributed by atoms with van der Waals surface area (Å²) in [6, 6.07) is 4.16. The Bertz CT molecular complexity index is 298. The van der Waals surface area contributed by atoms with Crippen LogP contribution >= 0.6 is 0 Å². The van der Waals surface area contributed by atoms with Crippen molar-refractivity contribution >= 4 is 5.69 Å². The molecule has 1 aromatic rings. The summed E-state index contributed by atoms with van der Waals surface area (Å²) in [7, 11) is 2.20. The molecule has 1 atom stereocenters. The molecule has 2 rings (SSSR count). The van der Waals surface area contributed by atoms with E-state index < -0.39 is 0 Å². The van der Waals surface area contributed by atoms with E-state index in [1.165, 1.54) is 10.6 Å². The van der Waals surface area contributed by atoms with Crippen LogP contribution in [0.5, 0.6) is 0 Å². The molecule has 0 bridgehead atoms. The molecule has 0 radical (unpaired) electrons. The maximum absolute atomic E-state index is 5.33. The molecule has 0 spiro atoms. The highest BCUT2D eigenvalue weighted by atomic mass is 16.5. The lowest BCUT2D eigenvalue weighted by atomic mass is 10.3. The lowest BCUT2D eigenvalue weighted by Crippen LogP contribution is -3.04. The summed E-state index contributed by atoms with van der Waals surface area (Å²) < 4.78 is 5.33. The number of ether oxygens (including phenoxy) is 1. The molecular formula is C12H20N3O+. The monoisotopic (exact) mass is 222 g/mol. The van der Waals surface area contributed by atoms with Crippen LogP contribution in [-0.4, -0.2) is 56.3 Å². The van der Waals surface area contributed by atoms with Gasteiger partial charge in [-0.15, -0.1) is 0 Å². The zero-order valence-corrected chi connectivity index (χ0v) is 9.85. The molecule has 0 aliphatic carbocycles. The SMILES string of the molecule is C[NH+](CCN1CCOCC1)c1ccncc1. The first-order valence-corrected chi connectivity index (χ1v) is 5.89. The van der Waals surface area contributed by atoms with Crippen LogP contribution in [0.3, 0.4) is 0 Å². The van der Waals surface area contributed by atoms with Crippen molar-refractivity contribution in [1.29, 1.82) is 0 Å². The molecule has 4 heteroatoms. The minimum absolute atomic E-state index is 0.883. The van der Waals surface area contributed by atoms with Crippen molar-refractivity contribution in [2.24, 2.45) is 0 Å². The number of nitrogens with one attached hydrogen (secondary N) is 1. The molecule has 2 heterocycles. The van der Waals surface area contributed by atoms with Crippen molar-refractivity contribution in [1.82, 2.24) is 9.88 Å². The summed E-state index contributed by atoms with van der Waals surface area (Å²) in [4.78, 5) is 7.94. The summed E-state index contributed by atoms with van der Waals surface area (Å²) in [6.07, 6.45) is 3.71. The summed E-state index contributed by atoms with van der Waals surface area (Å²) >= 11 is 0. The van der Waals surface area contributed by atoms with Crippen LogP contribution in [0.2, 0.25) is 0 Å². The van der Waals surface area contributed by atoms with Crippen molar-refractivity contribution < 1.29 is 9.64 Å². The number of hydrogen-bond donors (Lipinski definition) is 1. The van der Waals surface area contributed by atoms with Gasteiger partial charge in [0.15, 0.2) is 0 Å². The van der Waals surface area contributed by atoms with Gasteiger partial charge in [0.05, 0.1) is 26.8 Å². The van der Waals surface area contributed by atoms with Crippen LogP contribution in [0, 0.1) is 0 Å². The van der Waals surface area contributed by atoms with E-state index in [2.05, 4.69) is 29.1 Å². The molecular weight excluding hydrogens is 202 g/mol. The number of pyridine rings is 1. The maximum Gasteiger partial charge on any atom is 0.134 e. The number of quaternary nitrogens is 1. The number of hydrogen-bond acceptors (Lipinski definition) is 3. The molecule has 1 fully saturated rings. The third-order valence-corrected chi connectivity index (χ3v) is 3.08. The number of aromatic nitrogens is 1.